The standard InChI is InChI=1S/C14H21NOS/c1-3-16-13-6-4-11(5-7-13)14(15-2)12-8-9-17-10-12/h4-7,12,14-15H,3,8-10H2,1-2H3. The van der Waals surface area contributed by atoms with E-state index in [1.807, 2.05) is 6.92 Å². The summed E-state index contributed by atoms with van der Waals surface area (Å²) in [5.41, 5.74) is 1.38. The topological polar surface area (TPSA) is 21.3 Å². The van der Waals surface area contributed by atoms with Crippen LogP contribution in [0.15, 0.2) is 24.3 Å². The summed E-state index contributed by atoms with van der Waals surface area (Å²) >= 11 is 2.07. The van der Waals surface area contributed by atoms with E-state index >= 15 is 0 Å². The molecule has 0 spiro atoms. The lowest BCUT2D eigenvalue weighted by atomic mass is 9.92. The lowest BCUT2D eigenvalue weighted by Gasteiger charge is -2.23. The van der Waals surface area contributed by atoms with E-state index < -0.39 is 0 Å². The van der Waals surface area contributed by atoms with Gasteiger partial charge in [-0.15, -0.1) is 0 Å². The largest absolute Gasteiger partial charge is 0.494 e. The Bertz CT molecular complexity index is 333. The van der Waals surface area contributed by atoms with Gasteiger partial charge in [0.05, 0.1) is 6.61 Å². The van der Waals surface area contributed by atoms with Crippen LogP contribution in [-0.2, 0) is 0 Å². The van der Waals surface area contributed by atoms with Gasteiger partial charge < -0.3 is 10.1 Å². The highest BCUT2D eigenvalue weighted by Gasteiger charge is 2.25. The van der Waals surface area contributed by atoms with Crippen LogP contribution in [0.2, 0.25) is 0 Å². The molecule has 0 aliphatic carbocycles. The molecular formula is C14H21NOS. The Morgan fingerprint density at radius 1 is 1.41 bits per heavy atom. The Labute approximate surface area is 108 Å². The van der Waals surface area contributed by atoms with E-state index in [-0.39, 0.29) is 0 Å². The average molecular weight is 251 g/mol. The van der Waals surface area contributed by atoms with Crippen LogP contribution >= 0.6 is 11.8 Å². The number of rotatable bonds is 5. The molecule has 0 amide bonds. The minimum atomic E-state index is 0.487. The zero-order valence-corrected chi connectivity index (χ0v) is 11.4. The van der Waals surface area contributed by atoms with Gasteiger partial charge in [0.1, 0.15) is 5.75 Å². The molecule has 1 saturated heterocycles. The first-order chi connectivity index (χ1) is 8.35. The molecule has 2 nitrogen and oxygen atoms in total. The zero-order valence-electron chi connectivity index (χ0n) is 10.6. The molecule has 1 fully saturated rings. The highest BCUT2D eigenvalue weighted by molar-refractivity contribution is 7.99. The monoisotopic (exact) mass is 251 g/mol. The number of hydrogen-bond acceptors (Lipinski definition) is 3. The van der Waals surface area contributed by atoms with Gasteiger partial charge in [-0.1, -0.05) is 12.1 Å². The maximum absolute atomic E-state index is 5.48. The molecular weight excluding hydrogens is 230 g/mol. The predicted molar refractivity (Wildman–Crippen MR) is 74.8 cm³/mol. The summed E-state index contributed by atoms with van der Waals surface area (Å²) < 4.78 is 5.48. The first-order valence-electron chi connectivity index (χ1n) is 6.33. The van der Waals surface area contributed by atoms with Crippen LogP contribution in [0.1, 0.15) is 24.9 Å². The van der Waals surface area contributed by atoms with E-state index in [0.29, 0.717) is 6.04 Å². The molecule has 0 bridgehead atoms. The minimum absolute atomic E-state index is 0.487. The lowest BCUT2D eigenvalue weighted by Crippen LogP contribution is -2.25. The fraction of sp³-hybridized carbons (Fsp3) is 0.571. The lowest BCUT2D eigenvalue weighted by molar-refractivity contribution is 0.339. The summed E-state index contributed by atoms with van der Waals surface area (Å²) in [5.74, 6) is 4.31. The molecule has 0 radical (unpaired) electrons. The van der Waals surface area contributed by atoms with Crippen LogP contribution in [-0.4, -0.2) is 25.2 Å². The molecule has 1 aromatic rings. The third-order valence-electron chi connectivity index (χ3n) is 3.30. The Morgan fingerprint density at radius 2 is 2.18 bits per heavy atom. The molecule has 1 heterocycles. The number of thioether (sulfide) groups is 1. The summed E-state index contributed by atoms with van der Waals surface area (Å²) in [6.07, 6.45) is 1.32. The Kier molecular flexibility index (Phi) is 4.75. The third kappa shape index (κ3) is 3.17. The molecule has 17 heavy (non-hydrogen) atoms. The number of ether oxygens (including phenoxy) is 1. The van der Waals surface area contributed by atoms with Crippen LogP contribution in [0.4, 0.5) is 0 Å². The smallest absolute Gasteiger partial charge is 0.119 e. The second-order valence-corrected chi connectivity index (χ2v) is 5.54. The quantitative estimate of drug-likeness (QED) is 0.869. The van der Waals surface area contributed by atoms with Crippen LogP contribution < -0.4 is 10.1 Å². The Morgan fingerprint density at radius 3 is 2.71 bits per heavy atom. The first kappa shape index (κ1) is 12.8. The maximum Gasteiger partial charge on any atom is 0.119 e. The van der Waals surface area contributed by atoms with E-state index in [2.05, 4.69) is 48.4 Å². The fourth-order valence-corrected chi connectivity index (χ4v) is 3.73. The molecule has 1 aromatic carbocycles. The molecule has 1 aliphatic heterocycles. The molecule has 2 unspecified atom stereocenters. The summed E-state index contributed by atoms with van der Waals surface area (Å²) in [6.45, 7) is 2.74. The van der Waals surface area contributed by atoms with E-state index in [1.54, 1.807) is 0 Å². The van der Waals surface area contributed by atoms with Gasteiger partial charge in [0.25, 0.3) is 0 Å². The van der Waals surface area contributed by atoms with Crippen molar-refractivity contribution in [3.8, 4) is 5.75 Å². The zero-order chi connectivity index (χ0) is 12.1. The average Bonchev–Trinajstić information content (AvgIpc) is 2.86. The van der Waals surface area contributed by atoms with Gasteiger partial charge in [-0.25, -0.2) is 0 Å². The van der Waals surface area contributed by atoms with E-state index in [1.165, 1.54) is 23.5 Å². The Hall–Kier alpha value is -0.670. The van der Waals surface area contributed by atoms with Gasteiger partial charge in [0, 0.05) is 6.04 Å². The van der Waals surface area contributed by atoms with Crippen molar-refractivity contribution in [2.75, 3.05) is 25.2 Å². The van der Waals surface area contributed by atoms with Gasteiger partial charge in [-0.3, -0.25) is 0 Å². The van der Waals surface area contributed by atoms with Crippen molar-refractivity contribution < 1.29 is 4.74 Å². The van der Waals surface area contributed by atoms with Crippen molar-refractivity contribution in [1.29, 1.82) is 0 Å². The third-order valence-corrected chi connectivity index (χ3v) is 4.49. The Balaban J connectivity index is 2.07. The van der Waals surface area contributed by atoms with E-state index in [4.69, 9.17) is 4.74 Å². The molecule has 1 N–H and O–H groups in total. The highest BCUT2D eigenvalue weighted by atomic mass is 32.2. The summed E-state index contributed by atoms with van der Waals surface area (Å²) in [5, 5.41) is 3.46. The maximum atomic E-state index is 5.48. The molecule has 3 heteroatoms. The first-order valence-corrected chi connectivity index (χ1v) is 7.48. The summed E-state index contributed by atoms with van der Waals surface area (Å²) in [7, 11) is 2.06. The van der Waals surface area contributed by atoms with Crippen molar-refractivity contribution in [3.05, 3.63) is 29.8 Å². The molecule has 2 atom stereocenters. The normalized spacial score (nSPS) is 21.4. The van der Waals surface area contributed by atoms with Gasteiger partial charge in [0.2, 0.25) is 0 Å². The predicted octanol–water partition coefficient (Wildman–Crippen LogP) is 3.10. The molecule has 94 valence electrons. The summed E-state index contributed by atoms with van der Waals surface area (Å²) in [4.78, 5) is 0. The van der Waals surface area contributed by atoms with Gasteiger partial charge in [-0.05, 0) is 55.5 Å². The van der Waals surface area contributed by atoms with Gasteiger partial charge in [0.15, 0.2) is 0 Å². The highest BCUT2D eigenvalue weighted by Crippen LogP contribution is 2.34. The fourth-order valence-electron chi connectivity index (χ4n) is 2.43. The van der Waals surface area contributed by atoms with Crippen molar-refractivity contribution in [1.82, 2.24) is 5.32 Å². The molecule has 2 rings (SSSR count). The van der Waals surface area contributed by atoms with Crippen molar-refractivity contribution in [2.24, 2.45) is 5.92 Å². The van der Waals surface area contributed by atoms with Crippen molar-refractivity contribution >= 4 is 11.8 Å². The second kappa shape index (κ2) is 6.31. The summed E-state index contributed by atoms with van der Waals surface area (Å²) in [6, 6.07) is 9.02. The van der Waals surface area contributed by atoms with Crippen LogP contribution in [0, 0.1) is 5.92 Å². The van der Waals surface area contributed by atoms with Gasteiger partial charge >= 0.3 is 0 Å². The SMILES string of the molecule is CCOc1ccc(C(NC)C2CCSC2)cc1. The van der Waals surface area contributed by atoms with Crippen molar-refractivity contribution in [2.45, 2.75) is 19.4 Å². The van der Waals surface area contributed by atoms with Crippen LogP contribution in [0.25, 0.3) is 0 Å². The number of benzene rings is 1. The van der Waals surface area contributed by atoms with Gasteiger partial charge in [-0.2, -0.15) is 11.8 Å². The number of hydrogen-bond donors (Lipinski definition) is 1. The second-order valence-electron chi connectivity index (χ2n) is 4.39. The van der Waals surface area contributed by atoms with E-state index in [0.717, 1.165) is 18.3 Å². The number of nitrogens with one attached hydrogen (secondary N) is 1. The molecule has 0 aromatic heterocycles. The van der Waals surface area contributed by atoms with Crippen LogP contribution in [0.3, 0.4) is 0 Å². The van der Waals surface area contributed by atoms with E-state index in [9.17, 15) is 0 Å². The minimum Gasteiger partial charge on any atom is -0.494 e. The van der Waals surface area contributed by atoms with Crippen molar-refractivity contribution in [3.63, 3.8) is 0 Å². The van der Waals surface area contributed by atoms with Crippen LogP contribution in [0.5, 0.6) is 5.75 Å². The molecule has 1 aliphatic rings. The molecule has 0 saturated carbocycles.